The van der Waals surface area contributed by atoms with Crippen molar-refractivity contribution in [2.24, 2.45) is 5.92 Å². The number of hydrogen-bond donors (Lipinski definition) is 2. The smallest absolute Gasteiger partial charge is 0.220 e. The highest BCUT2D eigenvalue weighted by Gasteiger charge is 2.25. The second-order valence-electron chi connectivity index (χ2n) is 4.88. The van der Waals surface area contributed by atoms with Crippen molar-refractivity contribution in [3.63, 3.8) is 0 Å². The van der Waals surface area contributed by atoms with Crippen molar-refractivity contribution in [2.45, 2.75) is 25.0 Å². The lowest BCUT2D eigenvalue weighted by atomic mass is 10.0. The summed E-state index contributed by atoms with van der Waals surface area (Å²) in [6.07, 6.45) is 6.70. The molecule has 0 spiro atoms. The molecule has 1 aromatic heterocycles. The Hall–Kier alpha value is -1.05. The summed E-state index contributed by atoms with van der Waals surface area (Å²) in [5.74, 6) is 0.373. The normalized spacial score (nSPS) is 22.1. The Labute approximate surface area is 114 Å². The zero-order chi connectivity index (χ0) is 13.7. The minimum absolute atomic E-state index is 0.373. The largest absolute Gasteiger partial charge is 0.316 e. The van der Waals surface area contributed by atoms with Crippen molar-refractivity contribution in [2.75, 3.05) is 19.6 Å². The average molecular weight is 284 g/mol. The van der Waals surface area contributed by atoms with Gasteiger partial charge in [0.25, 0.3) is 0 Å². The summed E-state index contributed by atoms with van der Waals surface area (Å²) in [6, 6.07) is 0. The molecule has 1 saturated heterocycles. The molecule has 19 heavy (non-hydrogen) atoms. The zero-order valence-electron chi connectivity index (χ0n) is 11.0. The van der Waals surface area contributed by atoms with Crippen molar-refractivity contribution in [3.05, 3.63) is 24.3 Å². The van der Waals surface area contributed by atoms with Gasteiger partial charge in [-0.25, -0.2) is 13.1 Å². The predicted molar refractivity (Wildman–Crippen MR) is 73.0 cm³/mol. The SMILES string of the molecule is C[C@H](c1cnccn1)S(=O)(=O)NC[C@H]1CCCNC1. The van der Waals surface area contributed by atoms with Gasteiger partial charge in [0.05, 0.1) is 5.69 Å². The van der Waals surface area contributed by atoms with Gasteiger partial charge in [0, 0.05) is 25.1 Å². The molecule has 1 fully saturated rings. The molecule has 1 aromatic rings. The topological polar surface area (TPSA) is 84.0 Å². The van der Waals surface area contributed by atoms with Crippen molar-refractivity contribution >= 4 is 10.0 Å². The van der Waals surface area contributed by atoms with Crippen LogP contribution in [0.4, 0.5) is 0 Å². The van der Waals surface area contributed by atoms with Crippen LogP contribution >= 0.6 is 0 Å². The molecule has 2 N–H and O–H groups in total. The van der Waals surface area contributed by atoms with Crippen LogP contribution in [0, 0.1) is 5.92 Å². The van der Waals surface area contributed by atoms with E-state index in [4.69, 9.17) is 0 Å². The summed E-state index contributed by atoms with van der Waals surface area (Å²) in [5.41, 5.74) is 0.469. The van der Waals surface area contributed by atoms with E-state index in [2.05, 4.69) is 20.0 Å². The van der Waals surface area contributed by atoms with Crippen LogP contribution in [0.15, 0.2) is 18.6 Å². The summed E-state index contributed by atoms with van der Waals surface area (Å²) >= 11 is 0. The lowest BCUT2D eigenvalue weighted by molar-refractivity contribution is 0.375. The molecule has 0 aromatic carbocycles. The van der Waals surface area contributed by atoms with Crippen molar-refractivity contribution in [1.82, 2.24) is 20.0 Å². The second kappa shape index (κ2) is 6.40. The molecule has 7 heteroatoms. The number of nitrogens with one attached hydrogen (secondary N) is 2. The van der Waals surface area contributed by atoms with E-state index in [1.54, 1.807) is 6.92 Å². The molecule has 0 amide bonds. The van der Waals surface area contributed by atoms with Crippen molar-refractivity contribution < 1.29 is 8.42 Å². The van der Waals surface area contributed by atoms with Gasteiger partial charge in [-0.3, -0.25) is 9.97 Å². The van der Waals surface area contributed by atoms with Gasteiger partial charge in [0.2, 0.25) is 10.0 Å². The third-order valence-electron chi connectivity index (χ3n) is 3.44. The molecule has 106 valence electrons. The lowest BCUT2D eigenvalue weighted by Crippen LogP contribution is -2.39. The van der Waals surface area contributed by atoms with E-state index in [1.807, 2.05) is 0 Å². The first-order valence-corrected chi connectivity index (χ1v) is 8.09. The van der Waals surface area contributed by atoms with Crippen LogP contribution < -0.4 is 10.0 Å². The highest BCUT2D eigenvalue weighted by atomic mass is 32.2. The third kappa shape index (κ3) is 3.95. The van der Waals surface area contributed by atoms with Gasteiger partial charge in [0.15, 0.2) is 0 Å². The fourth-order valence-electron chi connectivity index (χ4n) is 2.14. The molecule has 6 nitrogen and oxygen atoms in total. The highest BCUT2D eigenvalue weighted by molar-refractivity contribution is 7.89. The van der Waals surface area contributed by atoms with E-state index in [0.29, 0.717) is 18.2 Å². The molecule has 1 aliphatic rings. The Morgan fingerprint density at radius 3 is 3.00 bits per heavy atom. The Balaban J connectivity index is 1.94. The maximum Gasteiger partial charge on any atom is 0.220 e. The molecule has 2 heterocycles. The zero-order valence-corrected chi connectivity index (χ0v) is 11.9. The summed E-state index contributed by atoms with van der Waals surface area (Å²) in [5, 5.41) is 2.59. The number of sulfonamides is 1. The van der Waals surface area contributed by atoms with Gasteiger partial charge >= 0.3 is 0 Å². The number of hydrogen-bond acceptors (Lipinski definition) is 5. The Kier molecular flexibility index (Phi) is 4.84. The molecule has 0 unspecified atom stereocenters. The summed E-state index contributed by atoms with van der Waals surface area (Å²) in [6.45, 7) is 4.02. The quantitative estimate of drug-likeness (QED) is 0.820. The first-order valence-electron chi connectivity index (χ1n) is 6.54. The fourth-order valence-corrected chi connectivity index (χ4v) is 3.29. The molecule has 0 aliphatic carbocycles. The van der Waals surface area contributed by atoms with Crippen LogP contribution in [0.5, 0.6) is 0 Å². The summed E-state index contributed by atoms with van der Waals surface area (Å²) in [4.78, 5) is 7.95. The molecular weight excluding hydrogens is 264 g/mol. The summed E-state index contributed by atoms with van der Waals surface area (Å²) < 4.78 is 27.0. The summed E-state index contributed by atoms with van der Waals surface area (Å²) in [7, 11) is -3.39. The van der Waals surface area contributed by atoms with Crippen molar-refractivity contribution in [1.29, 1.82) is 0 Å². The monoisotopic (exact) mass is 284 g/mol. The van der Waals surface area contributed by atoms with Gasteiger partial charge in [0.1, 0.15) is 5.25 Å². The molecule has 0 saturated carbocycles. The third-order valence-corrected chi connectivity index (χ3v) is 5.18. The Morgan fingerprint density at radius 2 is 2.37 bits per heavy atom. The maximum atomic E-state index is 12.2. The van der Waals surface area contributed by atoms with Gasteiger partial charge in [-0.05, 0) is 38.8 Å². The van der Waals surface area contributed by atoms with E-state index < -0.39 is 15.3 Å². The average Bonchev–Trinajstić information content (AvgIpc) is 2.46. The Bertz CT molecular complexity index is 486. The van der Waals surface area contributed by atoms with Gasteiger partial charge in [-0.15, -0.1) is 0 Å². The van der Waals surface area contributed by atoms with E-state index in [-0.39, 0.29) is 0 Å². The standard InChI is InChI=1S/C12H20N4O2S/c1-10(12-9-14-5-6-15-12)19(17,18)16-8-11-3-2-4-13-7-11/h5-6,9-11,13,16H,2-4,7-8H2,1H3/t10-,11+/m1/s1. The van der Waals surface area contributed by atoms with Crippen LogP contribution in [0.2, 0.25) is 0 Å². The molecule has 2 atom stereocenters. The van der Waals surface area contributed by atoms with Gasteiger partial charge < -0.3 is 5.32 Å². The number of rotatable bonds is 5. The first-order chi connectivity index (χ1) is 9.09. The van der Waals surface area contributed by atoms with Crippen LogP contribution in [0.1, 0.15) is 30.7 Å². The van der Waals surface area contributed by atoms with E-state index in [0.717, 1.165) is 25.9 Å². The lowest BCUT2D eigenvalue weighted by Gasteiger charge is -2.23. The number of aromatic nitrogens is 2. The van der Waals surface area contributed by atoms with E-state index in [1.165, 1.54) is 18.6 Å². The number of piperidine rings is 1. The minimum Gasteiger partial charge on any atom is -0.316 e. The van der Waals surface area contributed by atoms with Crippen LogP contribution in [0.25, 0.3) is 0 Å². The van der Waals surface area contributed by atoms with Gasteiger partial charge in [-0.1, -0.05) is 0 Å². The molecule has 0 bridgehead atoms. The molecule has 1 aliphatic heterocycles. The van der Waals surface area contributed by atoms with Crippen LogP contribution in [0.3, 0.4) is 0 Å². The van der Waals surface area contributed by atoms with Crippen LogP contribution in [-0.2, 0) is 10.0 Å². The predicted octanol–water partition coefficient (Wildman–Crippen LogP) is 0.457. The highest BCUT2D eigenvalue weighted by Crippen LogP contribution is 2.18. The minimum atomic E-state index is -3.39. The second-order valence-corrected chi connectivity index (χ2v) is 6.96. The molecule has 2 rings (SSSR count). The van der Waals surface area contributed by atoms with Crippen LogP contribution in [-0.4, -0.2) is 38.0 Å². The number of nitrogens with zero attached hydrogens (tertiary/aromatic N) is 2. The van der Waals surface area contributed by atoms with Crippen molar-refractivity contribution in [3.8, 4) is 0 Å². The first kappa shape index (κ1) is 14.4. The molecule has 0 radical (unpaired) electrons. The fraction of sp³-hybridized carbons (Fsp3) is 0.667. The molecular formula is C12H20N4O2S. The van der Waals surface area contributed by atoms with E-state index >= 15 is 0 Å². The van der Waals surface area contributed by atoms with Gasteiger partial charge in [-0.2, -0.15) is 0 Å². The van der Waals surface area contributed by atoms with E-state index in [9.17, 15) is 8.42 Å². The Morgan fingerprint density at radius 1 is 1.53 bits per heavy atom. The maximum absolute atomic E-state index is 12.2.